The van der Waals surface area contributed by atoms with Gasteiger partial charge in [0.1, 0.15) is 0 Å². The number of carbonyl (C=O) groups is 2. The lowest BCUT2D eigenvalue weighted by Crippen LogP contribution is -2.39. The topological polar surface area (TPSA) is 69.9 Å². The van der Waals surface area contributed by atoms with Crippen LogP contribution in [0.1, 0.15) is 19.8 Å². The minimum Gasteiger partial charge on any atom is -0.348 e. The van der Waals surface area contributed by atoms with Gasteiger partial charge in [0.05, 0.1) is 6.54 Å². The lowest BCUT2D eigenvalue weighted by atomic mass is 10.3. The van der Waals surface area contributed by atoms with E-state index in [-0.39, 0.29) is 11.8 Å². The van der Waals surface area contributed by atoms with Crippen molar-refractivity contribution in [3.63, 3.8) is 0 Å². The molecule has 0 spiro atoms. The van der Waals surface area contributed by atoms with E-state index in [2.05, 4.69) is 0 Å². The number of nitrogens with zero attached hydrogens (tertiary/aromatic N) is 3. The second kappa shape index (κ2) is 9.75. The number of amides is 2. The van der Waals surface area contributed by atoms with E-state index in [9.17, 15) is 9.59 Å². The summed E-state index contributed by atoms with van der Waals surface area (Å²) in [5, 5.41) is 0. The second-order valence-electron chi connectivity index (χ2n) is 4.86. The maximum atomic E-state index is 11.9. The smallest absolute Gasteiger partial charge is 0.236 e. The van der Waals surface area contributed by atoms with Crippen LogP contribution in [0.5, 0.6) is 0 Å². The first-order valence-electron chi connectivity index (χ1n) is 6.78. The van der Waals surface area contributed by atoms with Crippen LogP contribution in [0.3, 0.4) is 0 Å². The molecule has 6 nitrogen and oxygen atoms in total. The van der Waals surface area contributed by atoms with Crippen molar-refractivity contribution in [3.05, 3.63) is 0 Å². The Morgan fingerprint density at radius 1 is 1.05 bits per heavy atom. The third-order valence-corrected chi connectivity index (χ3v) is 3.07. The van der Waals surface area contributed by atoms with E-state index in [1.54, 1.807) is 30.9 Å². The molecular weight excluding hydrogens is 244 g/mol. The van der Waals surface area contributed by atoms with Gasteiger partial charge in [0.15, 0.2) is 0 Å². The van der Waals surface area contributed by atoms with Crippen LogP contribution in [0.2, 0.25) is 0 Å². The van der Waals surface area contributed by atoms with Crippen molar-refractivity contribution in [2.45, 2.75) is 19.8 Å². The summed E-state index contributed by atoms with van der Waals surface area (Å²) in [4.78, 5) is 28.7. The van der Waals surface area contributed by atoms with E-state index in [0.29, 0.717) is 32.6 Å². The molecule has 0 heterocycles. The van der Waals surface area contributed by atoms with Crippen molar-refractivity contribution < 1.29 is 9.59 Å². The summed E-state index contributed by atoms with van der Waals surface area (Å²) < 4.78 is 0. The summed E-state index contributed by atoms with van der Waals surface area (Å²) in [7, 11) is 5.27. The van der Waals surface area contributed by atoms with Gasteiger partial charge >= 0.3 is 0 Å². The van der Waals surface area contributed by atoms with Crippen molar-refractivity contribution in [1.29, 1.82) is 0 Å². The molecule has 0 aromatic heterocycles. The van der Waals surface area contributed by atoms with Gasteiger partial charge in [0, 0.05) is 40.7 Å². The second-order valence-corrected chi connectivity index (χ2v) is 4.86. The average molecular weight is 272 g/mol. The monoisotopic (exact) mass is 272 g/mol. The zero-order valence-corrected chi connectivity index (χ0v) is 12.7. The Kier molecular flexibility index (Phi) is 9.16. The molecular formula is C13H28N4O2. The number of hydrogen-bond acceptors (Lipinski definition) is 4. The van der Waals surface area contributed by atoms with Crippen LogP contribution >= 0.6 is 0 Å². The van der Waals surface area contributed by atoms with Crippen molar-refractivity contribution in [3.8, 4) is 0 Å². The lowest BCUT2D eigenvalue weighted by Gasteiger charge is -2.23. The normalized spacial score (nSPS) is 10.6. The van der Waals surface area contributed by atoms with Crippen LogP contribution in [-0.2, 0) is 9.59 Å². The Bertz CT molecular complexity index is 282. The fourth-order valence-corrected chi connectivity index (χ4v) is 1.58. The summed E-state index contributed by atoms with van der Waals surface area (Å²) in [6, 6.07) is 0. The average Bonchev–Trinajstić information content (AvgIpc) is 2.39. The van der Waals surface area contributed by atoms with Gasteiger partial charge in [0.2, 0.25) is 11.8 Å². The summed E-state index contributed by atoms with van der Waals surface area (Å²) >= 11 is 0. The van der Waals surface area contributed by atoms with Gasteiger partial charge in [-0.05, 0) is 19.5 Å². The molecule has 0 fully saturated rings. The summed E-state index contributed by atoms with van der Waals surface area (Å²) in [5.41, 5.74) is 5.42. The molecule has 0 radical (unpaired) electrons. The molecule has 0 unspecified atom stereocenters. The highest BCUT2D eigenvalue weighted by Crippen LogP contribution is 1.98. The van der Waals surface area contributed by atoms with Crippen molar-refractivity contribution in [2.75, 3.05) is 53.9 Å². The van der Waals surface area contributed by atoms with Gasteiger partial charge in [-0.3, -0.25) is 14.5 Å². The standard InChI is InChI=1S/C13H28N4O2/c1-5-17(11-13(19)15(2)3)10-7-12(18)16(4)9-6-8-14/h5-11,14H2,1-4H3. The van der Waals surface area contributed by atoms with Crippen LogP contribution < -0.4 is 5.73 Å². The third kappa shape index (κ3) is 7.79. The number of rotatable bonds is 9. The molecule has 0 bridgehead atoms. The molecule has 0 aromatic carbocycles. The molecule has 19 heavy (non-hydrogen) atoms. The lowest BCUT2D eigenvalue weighted by molar-refractivity contribution is -0.132. The first-order valence-corrected chi connectivity index (χ1v) is 6.78. The number of hydrogen-bond donors (Lipinski definition) is 1. The zero-order valence-electron chi connectivity index (χ0n) is 12.7. The Morgan fingerprint density at radius 2 is 1.68 bits per heavy atom. The van der Waals surface area contributed by atoms with Crippen LogP contribution in [-0.4, -0.2) is 80.4 Å². The Balaban J connectivity index is 4.06. The predicted octanol–water partition coefficient (Wildman–Crippen LogP) is -0.406. The Morgan fingerprint density at radius 3 is 2.16 bits per heavy atom. The summed E-state index contributed by atoms with van der Waals surface area (Å²) in [5.74, 6) is 0.162. The van der Waals surface area contributed by atoms with Gasteiger partial charge in [-0.1, -0.05) is 6.92 Å². The third-order valence-electron chi connectivity index (χ3n) is 3.07. The highest BCUT2D eigenvalue weighted by Gasteiger charge is 2.14. The van der Waals surface area contributed by atoms with E-state index in [1.165, 1.54) is 0 Å². The first kappa shape index (κ1) is 17.9. The maximum Gasteiger partial charge on any atom is 0.236 e. The van der Waals surface area contributed by atoms with Crippen molar-refractivity contribution >= 4 is 11.8 Å². The quantitative estimate of drug-likeness (QED) is 0.620. The van der Waals surface area contributed by atoms with E-state index in [0.717, 1.165) is 13.0 Å². The largest absolute Gasteiger partial charge is 0.348 e. The minimum atomic E-state index is 0.0609. The highest BCUT2D eigenvalue weighted by atomic mass is 16.2. The van der Waals surface area contributed by atoms with Gasteiger partial charge in [-0.2, -0.15) is 0 Å². The van der Waals surface area contributed by atoms with Crippen LogP contribution in [0.25, 0.3) is 0 Å². The number of likely N-dealkylation sites (N-methyl/N-ethyl adjacent to an activating group) is 2. The summed E-state index contributed by atoms with van der Waals surface area (Å²) in [6.45, 7) is 5.02. The fraction of sp³-hybridized carbons (Fsp3) is 0.846. The van der Waals surface area contributed by atoms with Gasteiger partial charge < -0.3 is 15.5 Å². The molecule has 2 amide bonds. The van der Waals surface area contributed by atoms with Crippen LogP contribution in [0.4, 0.5) is 0 Å². The van der Waals surface area contributed by atoms with Crippen LogP contribution in [0.15, 0.2) is 0 Å². The van der Waals surface area contributed by atoms with E-state index in [1.807, 2.05) is 11.8 Å². The molecule has 112 valence electrons. The maximum absolute atomic E-state index is 11.9. The molecule has 0 rings (SSSR count). The highest BCUT2D eigenvalue weighted by molar-refractivity contribution is 5.78. The van der Waals surface area contributed by atoms with E-state index >= 15 is 0 Å². The molecule has 0 atom stereocenters. The zero-order chi connectivity index (χ0) is 14.8. The number of nitrogens with two attached hydrogens (primary N) is 1. The van der Waals surface area contributed by atoms with E-state index < -0.39 is 0 Å². The van der Waals surface area contributed by atoms with Gasteiger partial charge in [0.25, 0.3) is 0 Å². The van der Waals surface area contributed by atoms with Gasteiger partial charge in [-0.15, -0.1) is 0 Å². The molecule has 0 saturated carbocycles. The SMILES string of the molecule is CCN(CCC(=O)N(C)CCCN)CC(=O)N(C)C. The molecule has 0 aliphatic rings. The van der Waals surface area contributed by atoms with Gasteiger partial charge in [-0.25, -0.2) is 0 Å². The molecule has 0 saturated heterocycles. The number of carbonyl (C=O) groups excluding carboxylic acids is 2. The van der Waals surface area contributed by atoms with Crippen molar-refractivity contribution in [2.24, 2.45) is 5.73 Å². The van der Waals surface area contributed by atoms with Crippen LogP contribution in [0, 0.1) is 0 Å². The summed E-state index contributed by atoms with van der Waals surface area (Å²) in [6.07, 6.45) is 1.26. The predicted molar refractivity (Wildman–Crippen MR) is 76.7 cm³/mol. The molecule has 0 aliphatic carbocycles. The molecule has 0 aliphatic heterocycles. The Hall–Kier alpha value is -1.14. The molecule has 0 aromatic rings. The fourth-order valence-electron chi connectivity index (χ4n) is 1.58. The molecule has 6 heteroatoms. The van der Waals surface area contributed by atoms with Crippen molar-refractivity contribution in [1.82, 2.24) is 14.7 Å². The minimum absolute atomic E-state index is 0.0609. The first-order chi connectivity index (χ1) is 8.92. The Labute approximate surface area is 116 Å². The molecule has 2 N–H and O–H groups in total. The van der Waals surface area contributed by atoms with E-state index in [4.69, 9.17) is 5.73 Å².